The summed E-state index contributed by atoms with van der Waals surface area (Å²) in [5.41, 5.74) is 0. The van der Waals surface area contributed by atoms with Crippen molar-refractivity contribution in [3.8, 4) is 0 Å². The number of nitrogens with one attached hydrogen (secondary N) is 1. The van der Waals surface area contributed by atoms with Crippen molar-refractivity contribution in [3.63, 3.8) is 0 Å². The summed E-state index contributed by atoms with van der Waals surface area (Å²) in [4.78, 5) is 2.43. The highest BCUT2D eigenvalue weighted by molar-refractivity contribution is 4.74. The van der Waals surface area contributed by atoms with Crippen LogP contribution in [-0.2, 0) is 4.74 Å². The molecule has 0 bridgehead atoms. The van der Waals surface area contributed by atoms with Crippen LogP contribution in [0.5, 0.6) is 0 Å². The van der Waals surface area contributed by atoms with E-state index < -0.39 is 0 Å². The SMILES string of the molecule is CCN(CC)CC(C)NC(C)C(C)OC. The van der Waals surface area contributed by atoms with Gasteiger partial charge in [0.05, 0.1) is 6.10 Å². The monoisotopic (exact) mass is 216 g/mol. The highest BCUT2D eigenvalue weighted by atomic mass is 16.5. The van der Waals surface area contributed by atoms with Crippen LogP contribution in [0.25, 0.3) is 0 Å². The number of likely N-dealkylation sites (N-methyl/N-ethyl adjacent to an activating group) is 1. The topological polar surface area (TPSA) is 24.5 Å². The third-order valence-corrected chi connectivity index (χ3v) is 3.05. The Labute approximate surface area is 95.2 Å². The highest BCUT2D eigenvalue weighted by Gasteiger charge is 2.14. The molecule has 0 rings (SSSR count). The molecule has 92 valence electrons. The molecule has 0 aromatic carbocycles. The van der Waals surface area contributed by atoms with Gasteiger partial charge in [0.1, 0.15) is 0 Å². The van der Waals surface area contributed by atoms with Crippen molar-refractivity contribution < 1.29 is 4.74 Å². The predicted octanol–water partition coefficient (Wildman–Crippen LogP) is 1.73. The van der Waals surface area contributed by atoms with Crippen molar-refractivity contribution in [2.75, 3.05) is 26.7 Å². The van der Waals surface area contributed by atoms with Crippen LogP contribution in [-0.4, -0.2) is 49.8 Å². The molecule has 3 unspecified atom stereocenters. The summed E-state index contributed by atoms with van der Waals surface area (Å²) in [5.74, 6) is 0. The van der Waals surface area contributed by atoms with E-state index in [1.165, 1.54) is 0 Å². The minimum Gasteiger partial charge on any atom is -0.380 e. The Balaban J connectivity index is 3.86. The third kappa shape index (κ3) is 6.13. The molecule has 0 spiro atoms. The Morgan fingerprint density at radius 3 is 2.07 bits per heavy atom. The Morgan fingerprint density at radius 1 is 1.13 bits per heavy atom. The molecule has 0 aromatic heterocycles. The van der Waals surface area contributed by atoms with Gasteiger partial charge in [-0.3, -0.25) is 0 Å². The third-order valence-electron chi connectivity index (χ3n) is 3.05. The largest absolute Gasteiger partial charge is 0.380 e. The summed E-state index contributed by atoms with van der Waals surface area (Å²) in [6.07, 6.45) is 0.268. The number of ether oxygens (including phenoxy) is 1. The second-order valence-corrected chi connectivity index (χ2v) is 4.28. The van der Waals surface area contributed by atoms with Gasteiger partial charge in [-0.25, -0.2) is 0 Å². The zero-order valence-corrected chi connectivity index (χ0v) is 11.2. The van der Waals surface area contributed by atoms with Gasteiger partial charge < -0.3 is 15.0 Å². The van der Waals surface area contributed by atoms with E-state index in [-0.39, 0.29) is 6.10 Å². The molecule has 0 aliphatic carbocycles. The lowest BCUT2D eigenvalue weighted by Gasteiger charge is -2.28. The van der Waals surface area contributed by atoms with Crippen LogP contribution in [0.1, 0.15) is 34.6 Å². The molecule has 1 N–H and O–H groups in total. The maximum absolute atomic E-state index is 5.29. The fourth-order valence-corrected chi connectivity index (χ4v) is 1.71. The normalized spacial score (nSPS) is 17.8. The van der Waals surface area contributed by atoms with Crippen molar-refractivity contribution in [2.45, 2.75) is 52.8 Å². The van der Waals surface area contributed by atoms with Crippen LogP contribution >= 0.6 is 0 Å². The van der Waals surface area contributed by atoms with Crippen molar-refractivity contribution in [3.05, 3.63) is 0 Å². The predicted molar refractivity (Wildman–Crippen MR) is 66.3 cm³/mol. The Bertz CT molecular complexity index is 149. The van der Waals surface area contributed by atoms with E-state index >= 15 is 0 Å². The van der Waals surface area contributed by atoms with E-state index in [1.807, 2.05) is 0 Å². The smallest absolute Gasteiger partial charge is 0.0693 e. The van der Waals surface area contributed by atoms with Gasteiger partial charge in [-0.1, -0.05) is 13.8 Å². The maximum Gasteiger partial charge on any atom is 0.0693 e. The summed E-state index contributed by atoms with van der Waals surface area (Å²) in [5, 5.41) is 3.56. The van der Waals surface area contributed by atoms with Gasteiger partial charge in [0.2, 0.25) is 0 Å². The zero-order valence-electron chi connectivity index (χ0n) is 11.2. The number of methoxy groups -OCH3 is 1. The molecule has 15 heavy (non-hydrogen) atoms. The average molecular weight is 216 g/mol. The maximum atomic E-state index is 5.29. The van der Waals surface area contributed by atoms with E-state index in [0.717, 1.165) is 19.6 Å². The molecule has 0 radical (unpaired) electrons. The first kappa shape index (κ1) is 14.9. The Morgan fingerprint density at radius 2 is 1.67 bits per heavy atom. The fraction of sp³-hybridized carbons (Fsp3) is 1.00. The summed E-state index contributed by atoms with van der Waals surface area (Å²) < 4.78 is 5.29. The van der Waals surface area contributed by atoms with Gasteiger partial charge in [-0.2, -0.15) is 0 Å². The van der Waals surface area contributed by atoms with Crippen LogP contribution < -0.4 is 5.32 Å². The molecule has 0 saturated heterocycles. The summed E-state index contributed by atoms with van der Waals surface area (Å²) >= 11 is 0. The molecule has 0 saturated carbocycles. The lowest BCUT2D eigenvalue weighted by Crippen LogP contribution is -2.46. The molecule has 0 aliphatic rings. The molecule has 3 nitrogen and oxygen atoms in total. The molecule has 0 amide bonds. The first-order valence-corrected chi connectivity index (χ1v) is 6.06. The van der Waals surface area contributed by atoms with Crippen molar-refractivity contribution >= 4 is 0 Å². The molecule has 0 aliphatic heterocycles. The van der Waals surface area contributed by atoms with Gasteiger partial charge in [0, 0.05) is 25.7 Å². The molecule has 3 atom stereocenters. The zero-order chi connectivity index (χ0) is 11.8. The Hall–Kier alpha value is -0.120. The molecular formula is C12H28N2O. The number of hydrogen-bond donors (Lipinski definition) is 1. The summed E-state index contributed by atoms with van der Waals surface area (Å²) in [6, 6.07) is 0.915. The van der Waals surface area contributed by atoms with Crippen molar-refractivity contribution in [2.24, 2.45) is 0 Å². The van der Waals surface area contributed by atoms with E-state index in [4.69, 9.17) is 4.74 Å². The highest BCUT2D eigenvalue weighted by Crippen LogP contribution is 1.99. The van der Waals surface area contributed by atoms with E-state index in [2.05, 4.69) is 44.8 Å². The van der Waals surface area contributed by atoms with Gasteiger partial charge in [-0.05, 0) is 33.9 Å². The van der Waals surface area contributed by atoms with Crippen LogP contribution in [0.2, 0.25) is 0 Å². The minimum atomic E-state index is 0.268. The lowest BCUT2D eigenvalue weighted by atomic mass is 10.2. The molecular weight excluding hydrogens is 188 g/mol. The first-order chi connectivity index (χ1) is 7.04. The number of rotatable bonds is 8. The van der Waals surface area contributed by atoms with Crippen LogP contribution in [0, 0.1) is 0 Å². The van der Waals surface area contributed by atoms with E-state index in [9.17, 15) is 0 Å². The van der Waals surface area contributed by atoms with Crippen molar-refractivity contribution in [1.29, 1.82) is 0 Å². The standard InChI is InChI=1S/C12H28N2O/c1-7-14(8-2)9-10(3)13-11(4)12(5)15-6/h10-13H,7-9H2,1-6H3. The van der Waals surface area contributed by atoms with Gasteiger partial charge in [0.15, 0.2) is 0 Å². The summed E-state index contributed by atoms with van der Waals surface area (Å²) in [6.45, 7) is 14.3. The van der Waals surface area contributed by atoms with Crippen LogP contribution in [0.15, 0.2) is 0 Å². The molecule has 0 heterocycles. The van der Waals surface area contributed by atoms with Crippen LogP contribution in [0.3, 0.4) is 0 Å². The quantitative estimate of drug-likeness (QED) is 0.669. The Kier molecular flexibility index (Phi) is 8.02. The van der Waals surface area contributed by atoms with Gasteiger partial charge in [-0.15, -0.1) is 0 Å². The number of nitrogens with zero attached hydrogens (tertiary/aromatic N) is 1. The summed E-state index contributed by atoms with van der Waals surface area (Å²) in [7, 11) is 1.76. The first-order valence-electron chi connectivity index (χ1n) is 6.06. The lowest BCUT2D eigenvalue weighted by molar-refractivity contribution is 0.0828. The molecule has 3 heteroatoms. The average Bonchev–Trinajstić information content (AvgIpc) is 2.24. The second-order valence-electron chi connectivity index (χ2n) is 4.28. The van der Waals surface area contributed by atoms with E-state index in [0.29, 0.717) is 12.1 Å². The second kappa shape index (κ2) is 8.08. The van der Waals surface area contributed by atoms with Crippen LogP contribution in [0.4, 0.5) is 0 Å². The fourth-order valence-electron chi connectivity index (χ4n) is 1.71. The molecule has 0 aromatic rings. The minimum absolute atomic E-state index is 0.268. The van der Waals surface area contributed by atoms with Gasteiger partial charge in [0.25, 0.3) is 0 Å². The molecule has 0 fully saturated rings. The van der Waals surface area contributed by atoms with Gasteiger partial charge >= 0.3 is 0 Å². The van der Waals surface area contributed by atoms with Crippen molar-refractivity contribution in [1.82, 2.24) is 10.2 Å². The van der Waals surface area contributed by atoms with E-state index in [1.54, 1.807) is 7.11 Å². The number of hydrogen-bond acceptors (Lipinski definition) is 3.